The van der Waals surface area contributed by atoms with Gasteiger partial charge < -0.3 is 15.0 Å². The first-order valence-corrected chi connectivity index (χ1v) is 12.2. The highest BCUT2D eigenvalue weighted by atomic mass is 35.5. The Hall–Kier alpha value is -3.31. The van der Waals surface area contributed by atoms with Gasteiger partial charge in [0.2, 0.25) is 11.8 Å². The fourth-order valence-electron chi connectivity index (χ4n) is 3.85. The summed E-state index contributed by atoms with van der Waals surface area (Å²) < 4.78 is 5.38. The number of methoxy groups -OCH3 is 1. The Kier molecular flexibility index (Phi) is 9.74. The zero-order valence-electron chi connectivity index (χ0n) is 20.5. The van der Waals surface area contributed by atoms with E-state index in [4.69, 9.17) is 16.3 Å². The Labute approximate surface area is 213 Å². The molecule has 3 aromatic rings. The highest BCUT2D eigenvalue weighted by Crippen LogP contribution is 2.21. The fraction of sp³-hybridized carbons (Fsp3) is 0.310. The van der Waals surface area contributed by atoms with Crippen molar-refractivity contribution in [3.63, 3.8) is 0 Å². The van der Waals surface area contributed by atoms with E-state index in [1.807, 2.05) is 86.6 Å². The van der Waals surface area contributed by atoms with Crippen LogP contribution in [0, 0.1) is 5.92 Å². The molecule has 1 N–H and O–H groups in total. The quantitative estimate of drug-likeness (QED) is 0.395. The normalized spacial score (nSPS) is 11.7. The lowest BCUT2D eigenvalue weighted by atomic mass is 10.0. The molecule has 0 aromatic heterocycles. The van der Waals surface area contributed by atoms with Crippen LogP contribution in [0.1, 0.15) is 30.5 Å². The summed E-state index contributed by atoms with van der Waals surface area (Å²) in [7, 11) is 1.61. The molecule has 184 valence electrons. The van der Waals surface area contributed by atoms with E-state index in [1.165, 1.54) is 0 Å². The van der Waals surface area contributed by atoms with Crippen LogP contribution in [-0.2, 0) is 29.0 Å². The van der Waals surface area contributed by atoms with Crippen molar-refractivity contribution in [1.29, 1.82) is 0 Å². The average Bonchev–Trinajstić information content (AvgIpc) is 2.86. The second-order valence-electron chi connectivity index (χ2n) is 8.99. The van der Waals surface area contributed by atoms with Crippen LogP contribution in [0.15, 0.2) is 78.9 Å². The van der Waals surface area contributed by atoms with Crippen LogP contribution in [-0.4, -0.2) is 36.4 Å². The summed E-state index contributed by atoms with van der Waals surface area (Å²) in [5, 5.41) is 3.57. The second-order valence-corrected chi connectivity index (χ2v) is 9.39. The van der Waals surface area contributed by atoms with Gasteiger partial charge in [0.15, 0.2) is 0 Å². The predicted octanol–water partition coefficient (Wildman–Crippen LogP) is 5.30. The van der Waals surface area contributed by atoms with Crippen LogP contribution in [0.2, 0.25) is 5.02 Å². The van der Waals surface area contributed by atoms with Crippen LogP contribution >= 0.6 is 11.6 Å². The van der Waals surface area contributed by atoms with Crippen LogP contribution < -0.4 is 10.1 Å². The van der Waals surface area contributed by atoms with Gasteiger partial charge in [-0.3, -0.25) is 9.59 Å². The van der Waals surface area contributed by atoms with Gasteiger partial charge in [-0.1, -0.05) is 86.1 Å². The number of rotatable bonds is 11. The van der Waals surface area contributed by atoms with Crippen LogP contribution in [0.5, 0.6) is 5.75 Å². The minimum Gasteiger partial charge on any atom is -0.497 e. The Morgan fingerprint density at radius 1 is 0.943 bits per heavy atom. The molecule has 0 aliphatic heterocycles. The number of amides is 2. The highest BCUT2D eigenvalue weighted by Gasteiger charge is 2.30. The molecule has 5 nitrogen and oxygen atoms in total. The summed E-state index contributed by atoms with van der Waals surface area (Å²) in [6.07, 6.45) is 0.509. The number of carbonyl (C=O) groups excluding carboxylic acids is 2. The number of ether oxygens (including phenoxy) is 1. The van der Waals surface area contributed by atoms with Gasteiger partial charge in [-0.05, 0) is 40.8 Å². The van der Waals surface area contributed by atoms with E-state index in [1.54, 1.807) is 18.1 Å². The molecule has 0 unspecified atom stereocenters. The summed E-state index contributed by atoms with van der Waals surface area (Å²) in [6, 6.07) is 24.0. The first-order chi connectivity index (χ1) is 16.9. The second kappa shape index (κ2) is 13.0. The van der Waals surface area contributed by atoms with E-state index >= 15 is 0 Å². The van der Waals surface area contributed by atoms with Crippen molar-refractivity contribution in [3.05, 3.63) is 101 Å². The third-order valence-electron chi connectivity index (χ3n) is 5.74. The monoisotopic (exact) mass is 492 g/mol. The molecule has 0 bridgehead atoms. The summed E-state index contributed by atoms with van der Waals surface area (Å²) in [5.74, 6) is 0.659. The molecule has 3 rings (SSSR count). The van der Waals surface area contributed by atoms with Gasteiger partial charge in [0, 0.05) is 24.5 Å². The molecule has 35 heavy (non-hydrogen) atoms. The molecular formula is C29H33ClN2O3. The molecule has 0 spiro atoms. The minimum absolute atomic E-state index is 0.104. The van der Waals surface area contributed by atoms with Gasteiger partial charge in [-0.2, -0.15) is 0 Å². The first-order valence-electron chi connectivity index (χ1n) is 11.8. The zero-order valence-corrected chi connectivity index (χ0v) is 21.3. The van der Waals surface area contributed by atoms with E-state index in [2.05, 4.69) is 5.32 Å². The van der Waals surface area contributed by atoms with Gasteiger partial charge in [0.05, 0.1) is 13.5 Å². The summed E-state index contributed by atoms with van der Waals surface area (Å²) >= 11 is 6.36. The first kappa shape index (κ1) is 26.3. The van der Waals surface area contributed by atoms with Gasteiger partial charge in [-0.15, -0.1) is 0 Å². The maximum absolute atomic E-state index is 13.8. The number of benzene rings is 3. The lowest BCUT2D eigenvalue weighted by Crippen LogP contribution is -2.51. The molecule has 0 fully saturated rings. The molecule has 0 saturated heterocycles. The summed E-state index contributed by atoms with van der Waals surface area (Å²) in [5.41, 5.74) is 2.60. The number of hydrogen-bond acceptors (Lipinski definition) is 3. The Bertz CT molecular complexity index is 1120. The maximum Gasteiger partial charge on any atom is 0.243 e. The van der Waals surface area contributed by atoms with Crippen molar-refractivity contribution < 1.29 is 14.3 Å². The van der Waals surface area contributed by atoms with Crippen molar-refractivity contribution >= 4 is 23.4 Å². The Balaban J connectivity index is 1.98. The van der Waals surface area contributed by atoms with Gasteiger partial charge in [-0.25, -0.2) is 0 Å². The average molecular weight is 493 g/mol. The number of halogens is 1. The highest BCUT2D eigenvalue weighted by molar-refractivity contribution is 6.31. The molecule has 0 heterocycles. The number of nitrogens with zero attached hydrogens (tertiary/aromatic N) is 1. The lowest BCUT2D eigenvalue weighted by molar-refractivity contribution is -0.140. The number of carbonyl (C=O) groups is 2. The standard InChI is InChI=1S/C29H33ClN2O3/c1-21(2)19-31-29(34)27(17-22-10-5-4-6-11-22)32(20-23-12-9-14-25(16-23)35-3)28(33)18-24-13-7-8-15-26(24)30/h4-16,21,27H,17-20H2,1-3H3,(H,31,34)/t27-/m0/s1. The molecule has 3 aromatic carbocycles. The Morgan fingerprint density at radius 3 is 2.31 bits per heavy atom. The van der Waals surface area contributed by atoms with Gasteiger partial charge in [0.1, 0.15) is 11.8 Å². The predicted molar refractivity (Wildman–Crippen MR) is 140 cm³/mol. The fourth-order valence-corrected chi connectivity index (χ4v) is 4.05. The Morgan fingerprint density at radius 2 is 1.63 bits per heavy atom. The third-order valence-corrected chi connectivity index (χ3v) is 6.11. The van der Waals surface area contributed by atoms with E-state index in [0.717, 1.165) is 16.7 Å². The SMILES string of the molecule is COc1cccc(CN(C(=O)Cc2ccccc2Cl)[C@@H](Cc2ccccc2)C(=O)NCC(C)C)c1. The van der Waals surface area contributed by atoms with Crippen molar-refractivity contribution in [3.8, 4) is 5.75 Å². The lowest BCUT2D eigenvalue weighted by Gasteiger charge is -2.32. The van der Waals surface area contributed by atoms with E-state index in [0.29, 0.717) is 29.7 Å². The van der Waals surface area contributed by atoms with Crippen molar-refractivity contribution in [2.24, 2.45) is 5.92 Å². The minimum atomic E-state index is -0.683. The molecule has 0 radical (unpaired) electrons. The van der Waals surface area contributed by atoms with Crippen LogP contribution in [0.25, 0.3) is 0 Å². The zero-order chi connectivity index (χ0) is 25.2. The van der Waals surface area contributed by atoms with E-state index in [-0.39, 0.29) is 24.8 Å². The number of nitrogens with one attached hydrogen (secondary N) is 1. The smallest absolute Gasteiger partial charge is 0.243 e. The number of hydrogen-bond donors (Lipinski definition) is 1. The van der Waals surface area contributed by atoms with Gasteiger partial charge >= 0.3 is 0 Å². The van der Waals surface area contributed by atoms with Crippen LogP contribution in [0.3, 0.4) is 0 Å². The van der Waals surface area contributed by atoms with E-state index in [9.17, 15) is 9.59 Å². The molecule has 1 atom stereocenters. The largest absolute Gasteiger partial charge is 0.497 e. The molecular weight excluding hydrogens is 460 g/mol. The van der Waals surface area contributed by atoms with Crippen molar-refractivity contribution in [2.75, 3.05) is 13.7 Å². The maximum atomic E-state index is 13.8. The van der Waals surface area contributed by atoms with E-state index < -0.39 is 6.04 Å². The molecule has 0 aliphatic rings. The van der Waals surface area contributed by atoms with Crippen molar-refractivity contribution in [2.45, 2.75) is 39.3 Å². The summed E-state index contributed by atoms with van der Waals surface area (Å²) in [4.78, 5) is 28.9. The topological polar surface area (TPSA) is 58.6 Å². The molecule has 0 saturated carbocycles. The summed E-state index contributed by atoms with van der Waals surface area (Å²) in [6.45, 7) is 4.90. The third kappa shape index (κ3) is 7.86. The van der Waals surface area contributed by atoms with Crippen molar-refractivity contribution in [1.82, 2.24) is 10.2 Å². The van der Waals surface area contributed by atoms with Gasteiger partial charge in [0.25, 0.3) is 0 Å². The molecule has 6 heteroatoms. The molecule has 0 aliphatic carbocycles. The van der Waals surface area contributed by atoms with Crippen LogP contribution in [0.4, 0.5) is 0 Å². The molecule has 2 amide bonds.